The molecule has 1 saturated carbocycles. The van der Waals surface area contributed by atoms with E-state index in [0.29, 0.717) is 22.7 Å². The third-order valence-electron chi connectivity index (χ3n) is 7.85. The van der Waals surface area contributed by atoms with Crippen molar-refractivity contribution in [1.29, 1.82) is 0 Å². The predicted molar refractivity (Wildman–Crippen MR) is 153 cm³/mol. The van der Waals surface area contributed by atoms with Crippen LogP contribution in [0.4, 0.5) is 0 Å². The van der Waals surface area contributed by atoms with Gasteiger partial charge >= 0.3 is 5.97 Å². The molecule has 0 radical (unpaired) electrons. The molecule has 7 rings (SSSR count). The van der Waals surface area contributed by atoms with Gasteiger partial charge in [0.25, 0.3) is 0 Å². The first-order chi connectivity index (χ1) is 19.5. The van der Waals surface area contributed by atoms with Crippen LogP contribution >= 0.6 is 0 Å². The van der Waals surface area contributed by atoms with Crippen molar-refractivity contribution in [3.63, 3.8) is 0 Å². The summed E-state index contributed by atoms with van der Waals surface area (Å²) in [6.45, 7) is 0. The highest BCUT2D eigenvalue weighted by atomic mass is 16.5. The molecular weight excluding hydrogens is 500 g/mol. The van der Waals surface area contributed by atoms with E-state index in [1.54, 1.807) is 12.1 Å². The second-order valence-corrected chi connectivity index (χ2v) is 10.2. The van der Waals surface area contributed by atoms with Crippen molar-refractivity contribution in [1.82, 2.24) is 24.6 Å². The highest BCUT2D eigenvalue weighted by molar-refractivity contribution is 5.98. The van der Waals surface area contributed by atoms with Crippen LogP contribution in [-0.4, -0.2) is 37.6 Å². The fourth-order valence-corrected chi connectivity index (χ4v) is 5.40. The number of hydrogen-bond acceptors (Lipinski definition) is 7. The number of esters is 1. The van der Waals surface area contributed by atoms with Crippen LogP contribution in [0, 0.1) is 0 Å². The van der Waals surface area contributed by atoms with Crippen LogP contribution in [0.2, 0.25) is 0 Å². The lowest BCUT2D eigenvalue weighted by Gasteiger charge is -2.38. The summed E-state index contributed by atoms with van der Waals surface area (Å²) in [5.41, 5.74) is 14.0. The Labute approximate surface area is 230 Å². The number of benzene rings is 2. The highest BCUT2D eigenvalue weighted by Gasteiger charge is 2.34. The van der Waals surface area contributed by atoms with E-state index in [0.717, 1.165) is 46.1 Å². The van der Waals surface area contributed by atoms with E-state index in [4.69, 9.17) is 15.5 Å². The van der Waals surface area contributed by atoms with Crippen LogP contribution in [0.25, 0.3) is 50.5 Å². The second-order valence-electron chi connectivity index (χ2n) is 10.2. The maximum absolute atomic E-state index is 11.8. The third-order valence-corrected chi connectivity index (χ3v) is 7.85. The largest absolute Gasteiger partial charge is 0.465 e. The van der Waals surface area contributed by atoms with E-state index in [-0.39, 0.29) is 5.54 Å². The number of carbonyl (C=O) groups excluding carboxylic acids is 1. The molecule has 0 bridgehead atoms. The van der Waals surface area contributed by atoms with Crippen molar-refractivity contribution in [2.75, 3.05) is 7.11 Å². The number of pyridine rings is 3. The zero-order chi connectivity index (χ0) is 27.3. The minimum absolute atomic E-state index is 0.205. The Bertz CT molecular complexity index is 1880. The number of carbonyl (C=O) groups is 1. The average molecular weight is 527 g/mol. The molecule has 1 aliphatic carbocycles. The molecule has 0 unspecified atom stereocenters. The highest BCUT2D eigenvalue weighted by Crippen LogP contribution is 2.40. The van der Waals surface area contributed by atoms with Gasteiger partial charge in [-0.25, -0.2) is 9.78 Å². The van der Waals surface area contributed by atoms with Gasteiger partial charge in [-0.15, -0.1) is 10.2 Å². The van der Waals surface area contributed by atoms with Gasteiger partial charge in [0.1, 0.15) is 5.69 Å². The molecule has 2 N–H and O–H groups in total. The molecule has 4 aromatic heterocycles. The van der Waals surface area contributed by atoms with Gasteiger partial charge in [-0.05, 0) is 54.7 Å². The Morgan fingerprint density at radius 2 is 1.75 bits per heavy atom. The number of hydrogen-bond donors (Lipinski definition) is 1. The Morgan fingerprint density at radius 1 is 0.950 bits per heavy atom. The zero-order valence-corrected chi connectivity index (χ0v) is 21.9. The maximum Gasteiger partial charge on any atom is 0.339 e. The molecule has 6 aromatic rings. The lowest BCUT2D eigenvalue weighted by atomic mass is 9.72. The van der Waals surface area contributed by atoms with Crippen molar-refractivity contribution < 1.29 is 9.53 Å². The van der Waals surface area contributed by atoms with Gasteiger partial charge in [-0.1, -0.05) is 54.6 Å². The first kappa shape index (κ1) is 24.1. The molecule has 8 nitrogen and oxygen atoms in total. The number of aromatic nitrogens is 5. The van der Waals surface area contributed by atoms with E-state index >= 15 is 0 Å². The molecule has 0 spiro atoms. The van der Waals surface area contributed by atoms with E-state index in [1.165, 1.54) is 25.3 Å². The Kier molecular flexibility index (Phi) is 5.64. The number of ether oxygens (including phenoxy) is 1. The average Bonchev–Trinajstić information content (AvgIpc) is 3.44. The van der Waals surface area contributed by atoms with Crippen molar-refractivity contribution in [2.24, 2.45) is 5.73 Å². The molecule has 8 heteroatoms. The number of fused-ring (bicyclic) bond motifs is 3. The van der Waals surface area contributed by atoms with Gasteiger partial charge in [0.15, 0.2) is 11.5 Å². The monoisotopic (exact) mass is 526 g/mol. The summed E-state index contributed by atoms with van der Waals surface area (Å²) >= 11 is 0. The third kappa shape index (κ3) is 3.92. The molecule has 0 amide bonds. The van der Waals surface area contributed by atoms with Crippen LogP contribution in [0.3, 0.4) is 0 Å². The van der Waals surface area contributed by atoms with Crippen LogP contribution in [0.15, 0.2) is 91.3 Å². The first-order valence-corrected chi connectivity index (χ1v) is 13.2. The molecule has 4 heterocycles. The van der Waals surface area contributed by atoms with E-state index < -0.39 is 5.97 Å². The van der Waals surface area contributed by atoms with Gasteiger partial charge < -0.3 is 10.5 Å². The van der Waals surface area contributed by atoms with Gasteiger partial charge in [-0.2, -0.15) is 0 Å². The second kappa shape index (κ2) is 9.36. The van der Waals surface area contributed by atoms with Gasteiger partial charge in [-0.3, -0.25) is 9.38 Å². The van der Waals surface area contributed by atoms with Gasteiger partial charge in [0, 0.05) is 34.4 Å². The van der Waals surface area contributed by atoms with Crippen molar-refractivity contribution >= 4 is 22.5 Å². The molecule has 0 saturated heterocycles. The molecule has 1 aliphatic rings. The summed E-state index contributed by atoms with van der Waals surface area (Å²) < 4.78 is 6.67. The SMILES string of the molecule is COC(=O)c1ccc(-c2nnc3c4cc(-c5ccccc5)c(-c5ccc(C6(N)CCC6)cc5)nc4ccn23)nc1. The van der Waals surface area contributed by atoms with Gasteiger partial charge in [0.2, 0.25) is 0 Å². The zero-order valence-electron chi connectivity index (χ0n) is 21.9. The molecule has 0 aliphatic heterocycles. The van der Waals surface area contributed by atoms with Crippen LogP contribution in [-0.2, 0) is 10.3 Å². The fourth-order valence-electron chi connectivity index (χ4n) is 5.40. The molecule has 1 fully saturated rings. The molecule has 196 valence electrons. The van der Waals surface area contributed by atoms with Crippen molar-refractivity contribution in [3.8, 4) is 33.9 Å². The Morgan fingerprint density at radius 3 is 2.42 bits per heavy atom. The number of rotatable bonds is 5. The Balaban J connectivity index is 1.37. The fraction of sp³-hybridized carbons (Fsp3) is 0.156. The van der Waals surface area contributed by atoms with Crippen LogP contribution in [0.1, 0.15) is 35.2 Å². The van der Waals surface area contributed by atoms with Gasteiger partial charge in [0.05, 0.1) is 23.9 Å². The molecular formula is C32H26N6O2. The van der Waals surface area contributed by atoms with E-state index in [9.17, 15) is 4.79 Å². The number of nitrogens with zero attached hydrogens (tertiary/aromatic N) is 5. The minimum atomic E-state index is -0.438. The Hall–Kier alpha value is -4.95. The minimum Gasteiger partial charge on any atom is -0.465 e. The lowest BCUT2D eigenvalue weighted by molar-refractivity contribution is 0.0600. The maximum atomic E-state index is 11.8. The summed E-state index contributed by atoms with van der Waals surface area (Å²) in [5, 5.41) is 9.83. The molecule has 0 atom stereocenters. The normalized spacial score (nSPS) is 14.2. The summed E-state index contributed by atoms with van der Waals surface area (Å²) in [6.07, 6.45) is 6.61. The van der Waals surface area contributed by atoms with E-state index in [2.05, 4.69) is 57.6 Å². The lowest BCUT2D eigenvalue weighted by Crippen LogP contribution is -2.43. The van der Waals surface area contributed by atoms with E-state index in [1.807, 2.05) is 34.9 Å². The summed E-state index contributed by atoms with van der Waals surface area (Å²) in [4.78, 5) is 21.4. The summed E-state index contributed by atoms with van der Waals surface area (Å²) in [5.74, 6) is 0.132. The predicted octanol–water partition coefficient (Wildman–Crippen LogP) is 5.80. The summed E-state index contributed by atoms with van der Waals surface area (Å²) in [6, 6.07) is 26.3. The van der Waals surface area contributed by atoms with Crippen molar-refractivity contribution in [2.45, 2.75) is 24.8 Å². The topological polar surface area (TPSA) is 108 Å². The number of methoxy groups -OCH3 is 1. The smallest absolute Gasteiger partial charge is 0.339 e. The van der Waals surface area contributed by atoms with Crippen LogP contribution in [0.5, 0.6) is 0 Å². The van der Waals surface area contributed by atoms with Crippen molar-refractivity contribution in [3.05, 3.63) is 102 Å². The molecule has 2 aromatic carbocycles. The standard InChI is InChI=1S/C32H26N6O2/c1-40-31(39)22-10-13-27(34-19-22)30-37-36-29-25-18-24(20-6-3-2-4-7-20)28(35-26(25)14-17-38(29)30)21-8-11-23(12-9-21)32(33)15-5-16-32/h2-4,6-14,17-19H,5,15-16,33H2,1H3. The first-order valence-electron chi connectivity index (χ1n) is 13.2. The quantitative estimate of drug-likeness (QED) is 0.283. The number of nitrogens with two attached hydrogens (primary N) is 1. The molecule has 40 heavy (non-hydrogen) atoms. The summed E-state index contributed by atoms with van der Waals surface area (Å²) in [7, 11) is 1.34. The van der Waals surface area contributed by atoms with Crippen LogP contribution < -0.4 is 5.73 Å².